The minimum atomic E-state index is -0.0806. The third-order valence-corrected chi connectivity index (χ3v) is 5.91. The Kier molecular flexibility index (Phi) is 6.49. The lowest BCUT2D eigenvalue weighted by Gasteiger charge is -2.42. The molecule has 0 aromatic carbocycles. The van der Waals surface area contributed by atoms with Crippen molar-refractivity contribution < 1.29 is 9.53 Å². The molecule has 0 aliphatic carbocycles. The number of nitrogens with one attached hydrogen (secondary N) is 1. The number of rotatable bonds is 4. The molecule has 0 aromatic rings. The number of carbonyl (C=O) groups excluding carboxylic acids is 1. The van der Waals surface area contributed by atoms with Crippen LogP contribution in [0.15, 0.2) is 0 Å². The van der Waals surface area contributed by atoms with Crippen molar-refractivity contribution in [3.05, 3.63) is 0 Å². The molecule has 6 nitrogen and oxygen atoms in total. The van der Waals surface area contributed by atoms with Gasteiger partial charge in [-0.05, 0) is 52.7 Å². The second-order valence-electron chi connectivity index (χ2n) is 7.67. The quantitative estimate of drug-likeness (QED) is 0.803. The van der Waals surface area contributed by atoms with Gasteiger partial charge in [0.1, 0.15) is 0 Å². The normalized spacial score (nSPS) is 27.3. The number of carbonyl (C=O) groups is 1. The molecule has 0 bridgehead atoms. The fraction of sp³-hybridized carbons (Fsp3) is 0.944. The Morgan fingerprint density at radius 1 is 1.00 bits per heavy atom. The standard InChI is InChI=1S/C18H34N4O2/c1-15(19-16-5-13-24-14-6-16)18(23)22-11-9-21(10-12-22)17-3-7-20(2)8-4-17/h15-17,19H,3-14H2,1-2H3/t15-/m0/s1. The zero-order valence-corrected chi connectivity index (χ0v) is 15.4. The van der Waals surface area contributed by atoms with Crippen molar-refractivity contribution >= 4 is 5.91 Å². The Bertz CT molecular complexity index is 398. The van der Waals surface area contributed by atoms with Gasteiger partial charge in [0.2, 0.25) is 5.91 Å². The van der Waals surface area contributed by atoms with E-state index in [4.69, 9.17) is 4.74 Å². The summed E-state index contributed by atoms with van der Waals surface area (Å²) in [6.07, 6.45) is 4.57. The first-order chi connectivity index (χ1) is 11.6. The van der Waals surface area contributed by atoms with Crippen LogP contribution in [-0.4, -0.2) is 98.3 Å². The van der Waals surface area contributed by atoms with Crippen LogP contribution >= 0.6 is 0 Å². The van der Waals surface area contributed by atoms with E-state index < -0.39 is 0 Å². The van der Waals surface area contributed by atoms with Crippen molar-refractivity contribution in [2.75, 3.05) is 59.5 Å². The number of hydrogen-bond donors (Lipinski definition) is 1. The lowest BCUT2D eigenvalue weighted by molar-refractivity contribution is -0.135. The molecule has 0 radical (unpaired) electrons. The van der Waals surface area contributed by atoms with Gasteiger partial charge in [-0.3, -0.25) is 9.69 Å². The van der Waals surface area contributed by atoms with Crippen LogP contribution in [0.5, 0.6) is 0 Å². The molecule has 3 heterocycles. The van der Waals surface area contributed by atoms with E-state index in [-0.39, 0.29) is 11.9 Å². The van der Waals surface area contributed by atoms with Crippen LogP contribution in [0.2, 0.25) is 0 Å². The van der Waals surface area contributed by atoms with Crippen molar-refractivity contribution in [2.24, 2.45) is 0 Å². The number of amides is 1. The minimum Gasteiger partial charge on any atom is -0.381 e. The molecule has 3 fully saturated rings. The summed E-state index contributed by atoms with van der Waals surface area (Å²) in [7, 11) is 2.21. The summed E-state index contributed by atoms with van der Waals surface area (Å²) in [4.78, 5) is 19.8. The van der Waals surface area contributed by atoms with Gasteiger partial charge in [-0.2, -0.15) is 0 Å². The van der Waals surface area contributed by atoms with Gasteiger partial charge in [0.05, 0.1) is 6.04 Å². The number of likely N-dealkylation sites (tertiary alicyclic amines) is 1. The fourth-order valence-corrected chi connectivity index (χ4v) is 4.23. The molecule has 3 saturated heterocycles. The van der Waals surface area contributed by atoms with Crippen LogP contribution < -0.4 is 5.32 Å². The van der Waals surface area contributed by atoms with E-state index in [2.05, 4.69) is 27.1 Å². The van der Waals surface area contributed by atoms with Crippen LogP contribution in [0.4, 0.5) is 0 Å². The molecule has 0 aromatic heterocycles. The average molecular weight is 338 g/mol. The van der Waals surface area contributed by atoms with Crippen LogP contribution in [-0.2, 0) is 9.53 Å². The lowest BCUT2D eigenvalue weighted by atomic mass is 10.0. The van der Waals surface area contributed by atoms with E-state index in [0.717, 1.165) is 58.3 Å². The molecular weight excluding hydrogens is 304 g/mol. The molecule has 3 aliphatic heterocycles. The summed E-state index contributed by atoms with van der Waals surface area (Å²) in [6, 6.07) is 1.07. The van der Waals surface area contributed by atoms with Crippen LogP contribution in [0, 0.1) is 0 Å². The predicted octanol–water partition coefficient (Wildman–Crippen LogP) is 0.382. The average Bonchev–Trinajstić information content (AvgIpc) is 2.63. The van der Waals surface area contributed by atoms with Crippen molar-refractivity contribution in [3.8, 4) is 0 Å². The Labute approximate surface area is 146 Å². The summed E-state index contributed by atoms with van der Waals surface area (Å²) < 4.78 is 5.39. The van der Waals surface area contributed by atoms with E-state index in [1.807, 2.05) is 6.92 Å². The molecule has 3 rings (SSSR count). The maximum absolute atomic E-state index is 12.7. The molecule has 0 unspecified atom stereocenters. The lowest BCUT2D eigenvalue weighted by Crippen LogP contribution is -2.57. The van der Waals surface area contributed by atoms with Crippen molar-refractivity contribution in [1.82, 2.24) is 20.0 Å². The van der Waals surface area contributed by atoms with Gasteiger partial charge in [-0.1, -0.05) is 0 Å². The van der Waals surface area contributed by atoms with E-state index in [9.17, 15) is 4.79 Å². The fourth-order valence-electron chi connectivity index (χ4n) is 4.23. The SMILES string of the molecule is C[C@H](NC1CCOCC1)C(=O)N1CCN(C2CCN(C)CC2)CC1. The first-order valence-electron chi connectivity index (χ1n) is 9.68. The molecule has 0 spiro atoms. The summed E-state index contributed by atoms with van der Waals surface area (Å²) in [5, 5.41) is 3.50. The summed E-state index contributed by atoms with van der Waals surface area (Å²) in [5.41, 5.74) is 0. The third kappa shape index (κ3) is 4.69. The maximum atomic E-state index is 12.7. The molecule has 138 valence electrons. The zero-order chi connectivity index (χ0) is 16.9. The number of nitrogens with zero attached hydrogens (tertiary/aromatic N) is 3. The Balaban J connectivity index is 1.41. The highest BCUT2D eigenvalue weighted by molar-refractivity contribution is 5.81. The number of ether oxygens (including phenoxy) is 1. The van der Waals surface area contributed by atoms with Crippen molar-refractivity contribution in [2.45, 2.75) is 50.7 Å². The van der Waals surface area contributed by atoms with E-state index in [1.54, 1.807) is 0 Å². The molecule has 1 atom stereocenters. The number of hydrogen-bond acceptors (Lipinski definition) is 5. The van der Waals surface area contributed by atoms with Gasteiger partial charge in [0.15, 0.2) is 0 Å². The minimum absolute atomic E-state index is 0.0806. The van der Waals surface area contributed by atoms with E-state index >= 15 is 0 Å². The largest absolute Gasteiger partial charge is 0.381 e. The van der Waals surface area contributed by atoms with Gasteiger partial charge in [-0.15, -0.1) is 0 Å². The molecule has 24 heavy (non-hydrogen) atoms. The second-order valence-corrected chi connectivity index (χ2v) is 7.67. The predicted molar refractivity (Wildman–Crippen MR) is 95.1 cm³/mol. The van der Waals surface area contributed by atoms with Crippen LogP contribution in [0.3, 0.4) is 0 Å². The summed E-state index contributed by atoms with van der Waals surface area (Å²) in [5.74, 6) is 0.268. The number of piperidine rings is 1. The van der Waals surface area contributed by atoms with Gasteiger partial charge >= 0.3 is 0 Å². The van der Waals surface area contributed by atoms with Gasteiger partial charge < -0.3 is 19.9 Å². The highest BCUT2D eigenvalue weighted by Crippen LogP contribution is 2.18. The first kappa shape index (κ1) is 18.1. The smallest absolute Gasteiger partial charge is 0.239 e. The molecular formula is C18H34N4O2. The van der Waals surface area contributed by atoms with E-state index in [1.165, 1.54) is 25.9 Å². The van der Waals surface area contributed by atoms with E-state index in [0.29, 0.717) is 6.04 Å². The Hall–Kier alpha value is -0.690. The molecule has 3 aliphatic rings. The highest BCUT2D eigenvalue weighted by atomic mass is 16.5. The first-order valence-corrected chi connectivity index (χ1v) is 9.68. The second kappa shape index (κ2) is 8.61. The monoisotopic (exact) mass is 338 g/mol. The topological polar surface area (TPSA) is 48.1 Å². The zero-order valence-electron chi connectivity index (χ0n) is 15.4. The highest BCUT2D eigenvalue weighted by Gasteiger charge is 2.30. The van der Waals surface area contributed by atoms with Gasteiger partial charge in [-0.25, -0.2) is 0 Å². The molecule has 1 N–H and O–H groups in total. The Morgan fingerprint density at radius 3 is 2.25 bits per heavy atom. The molecule has 0 saturated carbocycles. The molecule has 6 heteroatoms. The number of piperazine rings is 1. The third-order valence-electron chi connectivity index (χ3n) is 5.91. The summed E-state index contributed by atoms with van der Waals surface area (Å²) >= 11 is 0. The Morgan fingerprint density at radius 2 is 1.62 bits per heavy atom. The van der Waals surface area contributed by atoms with Crippen molar-refractivity contribution in [1.29, 1.82) is 0 Å². The molecule has 1 amide bonds. The maximum Gasteiger partial charge on any atom is 0.239 e. The summed E-state index contributed by atoms with van der Waals surface area (Å²) in [6.45, 7) is 9.87. The van der Waals surface area contributed by atoms with Crippen molar-refractivity contribution in [3.63, 3.8) is 0 Å². The van der Waals surface area contributed by atoms with Crippen LogP contribution in [0.25, 0.3) is 0 Å². The van der Waals surface area contributed by atoms with Crippen LogP contribution in [0.1, 0.15) is 32.6 Å². The van der Waals surface area contributed by atoms with Gasteiger partial charge in [0.25, 0.3) is 0 Å². The van der Waals surface area contributed by atoms with Gasteiger partial charge in [0, 0.05) is 51.5 Å².